The van der Waals surface area contributed by atoms with Gasteiger partial charge in [0.2, 0.25) is 11.8 Å². The van der Waals surface area contributed by atoms with Crippen molar-refractivity contribution >= 4 is 62.1 Å². The van der Waals surface area contributed by atoms with Gasteiger partial charge in [-0.25, -0.2) is 8.42 Å². The van der Waals surface area contributed by atoms with Gasteiger partial charge in [0.15, 0.2) is 5.82 Å². The summed E-state index contributed by atoms with van der Waals surface area (Å²) >= 11 is 2.21. The Kier molecular flexibility index (Phi) is 7.13. The Hall–Kier alpha value is -2.83. The van der Waals surface area contributed by atoms with Gasteiger partial charge in [0, 0.05) is 6.07 Å². The Morgan fingerprint density at radius 1 is 1.07 bits per heavy atom. The highest BCUT2D eigenvalue weighted by Gasteiger charge is 2.17. The first kappa shape index (κ1) is 21.9. The smallest absolute Gasteiger partial charge is 0.271 e. The van der Waals surface area contributed by atoms with Gasteiger partial charge in [0.05, 0.1) is 22.9 Å². The van der Waals surface area contributed by atoms with Crippen LogP contribution in [-0.2, 0) is 19.6 Å². The number of hydrogen-bond donors (Lipinski definition) is 3. The number of nitrogens with zero attached hydrogens (tertiary/aromatic N) is 1. The maximum atomic E-state index is 12.4. The Balaban J connectivity index is 1.52. The second-order valence-corrected chi connectivity index (χ2v) is 9.84. The van der Waals surface area contributed by atoms with Crippen molar-refractivity contribution in [1.29, 1.82) is 0 Å². The molecule has 0 bridgehead atoms. The SMILES string of the molecule is Cc1cc(NC(=O)CSCC(=O)Nc2ccccc2NS(=O)(=O)c2cccs2)no1. The molecular formula is C18H18N4O5S3. The summed E-state index contributed by atoms with van der Waals surface area (Å²) < 4.78 is 32.4. The number of nitrogens with one attached hydrogen (secondary N) is 3. The fourth-order valence-electron chi connectivity index (χ4n) is 2.32. The van der Waals surface area contributed by atoms with Gasteiger partial charge in [-0.2, -0.15) is 0 Å². The van der Waals surface area contributed by atoms with E-state index in [4.69, 9.17) is 4.52 Å². The van der Waals surface area contributed by atoms with E-state index < -0.39 is 10.0 Å². The molecule has 0 aliphatic carbocycles. The highest BCUT2D eigenvalue weighted by Crippen LogP contribution is 2.26. The van der Waals surface area contributed by atoms with Gasteiger partial charge in [0.1, 0.15) is 9.97 Å². The largest absolute Gasteiger partial charge is 0.360 e. The average Bonchev–Trinajstić information content (AvgIpc) is 3.35. The van der Waals surface area contributed by atoms with Crippen molar-refractivity contribution in [3.8, 4) is 0 Å². The van der Waals surface area contributed by atoms with E-state index in [1.165, 1.54) is 6.07 Å². The third-order valence-corrected chi connectivity index (χ3v) is 7.26. The predicted molar refractivity (Wildman–Crippen MR) is 117 cm³/mol. The van der Waals surface area contributed by atoms with Crippen LogP contribution in [0.4, 0.5) is 17.2 Å². The summed E-state index contributed by atoms with van der Waals surface area (Å²) in [6.45, 7) is 1.71. The molecule has 30 heavy (non-hydrogen) atoms. The number of carbonyl (C=O) groups excluding carboxylic acids is 2. The number of sulfonamides is 1. The van der Waals surface area contributed by atoms with E-state index in [-0.39, 0.29) is 33.2 Å². The van der Waals surface area contributed by atoms with Crippen LogP contribution >= 0.6 is 23.1 Å². The van der Waals surface area contributed by atoms with Crippen molar-refractivity contribution in [3.05, 3.63) is 53.6 Å². The summed E-state index contributed by atoms with van der Waals surface area (Å²) in [5, 5.41) is 10.6. The lowest BCUT2D eigenvalue weighted by Crippen LogP contribution is -2.20. The van der Waals surface area contributed by atoms with Crippen LogP contribution in [0.3, 0.4) is 0 Å². The molecule has 9 nitrogen and oxygen atoms in total. The van der Waals surface area contributed by atoms with Gasteiger partial charge in [-0.1, -0.05) is 23.4 Å². The van der Waals surface area contributed by atoms with Crippen LogP contribution in [0, 0.1) is 6.92 Å². The standard InChI is InChI=1S/C18H18N4O5S3/c1-12-9-15(21-27-12)20-17(24)11-28-10-16(23)19-13-5-2-3-6-14(13)22-30(25,26)18-7-4-8-29-18/h2-9,22H,10-11H2,1H3,(H,19,23)(H,20,21,24). The number of aryl methyl sites for hydroxylation is 1. The molecule has 3 N–H and O–H groups in total. The summed E-state index contributed by atoms with van der Waals surface area (Å²) in [4.78, 5) is 24.1. The molecule has 2 heterocycles. The Morgan fingerprint density at radius 2 is 1.77 bits per heavy atom. The lowest BCUT2D eigenvalue weighted by Gasteiger charge is -2.12. The van der Waals surface area contributed by atoms with Crippen LogP contribution in [0.25, 0.3) is 0 Å². The summed E-state index contributed by atoms with van der Waals surface area (Å²) in [7, 11) is -3.74. The zero-order valence-electron chi connectivity index (χ0n) is 15.7. The zero-order chi connectivity index (χ0) is 21.6. The van der Waals surface area contributed by atoms with Crippen molar-refractivity contribution in [1.82, 2.24) is 5.16 Å². The van der Waals surface area contributed by atoms with Crippen molar-refractivity contribution in [2.45, 2.75) is 11.1 Å². The van der Waals surface area contributed by atoms with Crippen LogP contribution in [0.2, 0.25) is 0 Å². The van der Waals surface area contributed by atoms with Crippen molar-refractivity contribution in [2.75, 3.05) is 26.9 Å². The molecule has 3 rings (SSSR count). The molecule has 0 fully saturated rings. The minimum absolute atomic E-state index is 0.0112. The monoisotopic (exact) mass is 466 g/mol. The normalized spacial score (nSPS) is 11.1. The lowest BCUT2D eigenvalue weighted by atomic mass is 10.3. The molecule has 2 aromatic heterocycles. The van der Waals surface area contributed by atoms with Crippen LogP contribution < -0.4 is 15.4 Å². The number of para-hydroxylation sites is 2. The minimum Gasteiger partial charge on any atom is -0.360 e. The number of thioether (sulfide) groups is 1. The maximum Gasteiger partial charge on any atom is 0.271 e. The van der Waals surface area contributed by atoms with E-state index in [0.29, 0.717) is 17.3 Å². The summed E-state index contributed by atoms with van der Waals surface area (Å²) in [6.07, 6.45) is 0. The van der Waals surface area contributed by atoms with Gasteiger partial charge in [-0.05, 0) is 30.5 Å². The second kappa shape index (κ2) is 9.78. The number of amides is 2. The number of benzene rings is 1. The quantitative estimate of drug-likeness (QED) is 0.441. The Bertz CT molecular complexity index is 1130. The average molecular weight is 467 g/mol. The van der Waals surface area contributed by atoms with E-state index in [0.717, 1.165) is 23.1 Å². The van der Waals surface area contributed by atoms with Gasteiger partial charge < -0.3 is 15.2 Å². The number of rotatable bonds is 9. The first-order chi connectivity index (χ1) is 14.3. The van der Waals surface area contributed by atoms with Gasteiger partial charge in [-0.3, -0.25) is 14.3 Å². The van der Waals surface area contributed by atoms with Crippen molar-refractivity contribution < 1.29 is 22.5 Å². The van der Waals surface area contributed by atoms with Crippen molar-refractivity contribution in [2.24, 2.45) is 0 Å². The molecular weight excluding hydrogens is 448 g/mol. The van der Waals surface area contributed by atoms with Crippen LogP contribution in [-0.4, -0.2) is 36.9 Å². The first-order valence-electron chi connectivity index (χ1n) is 8.59. The highest BCUT2D eigenvalue weighted by molar-refractivity contribution is 8.00. The predicted octanol–water partition coefficient (Wildman–Crippen LogP) is 3.16. The molecule has 0 saturated heterocycles. The molecule has 0 aliphatic heterocycles. The van der Waals surface area contributed by atoms with E-state index >= 15 is 0 Å². The molecule has 0 unspecified atom stereocenters. The van der Waals surface area contributed by atoms with E-state index in [1.807, 2.05) is 0 Å². The van der Waals surface area contributed by atoms with Crippen LogP contribution in [0.5, 0.6) is 0 Å². The molecule has 0 saturated carbocycles. The molecule has 1 aromatic carbocycles. The molecule has 3 aromatic rings. The molecule has 0 atom stereocenters. The first-order valence-corrected chi connectivity index (χ1v) is 12.1. The summed E-state index contributed by atoms with van der Waals surface area (Å²) in [5.41, 5.74) is 0.578. The zero-order valence-corrected chi connectivity index (χ0v) is 18.2. The Labute approximate surface area is 181 Å². The minimum atomic E-state index is -3.74. The summed E-state index contributed by atoms with van der Waals surface area (Å²) in [6, 6.07) is 11.2. The molecule has 0 aliphatic rings. The molecule has 158 valence electrons. The number of aromatic nitrogens is 1. The maximum absolute atomic E-state index is 12.4. The topological polar surface area (TPSA) is 130 Å². The van der Waals surface area contributed by atoms with Gasteiger partial charge in [-0.15, -0.1) is 23.1 Å². The third-order valence-electron chi connectivity index (χ3n) is 3.57. The van der Waals surface area contributed by atoms with E-state index in [2.05, 4.69) is 20.5 Å². The van der Waals surface area contributed by atoms with Crippen molar-refractivity contribution in [3.63, 3.8) is 0 Å². The van der Waals surface area contributed by atoms with Gasteiger partial charge >= 0.3 is 0 Å². The molecule has 12 heteroatoms. The number of carbonyl (C=O) groups is 2. The third kappa shape index (κ3) is 6.08. The van der Waals surface area contributed by atoms with Crippen LogP contribution in [0.15, 0.2) is 56.6 Å². The lowest BCUT2D eigenvalue weighted by molar-refractivity contribution is -0.114. The highest BCUT2D eigenvalue weighted by atomic mass is 32.2. The summed E-state index contributed by atoms with van der Waals surface area (Å²) in [5.74, 6) is 0.266. The number of thiophene rings is 1. The Morgan fingerprint density at radius 3 is 2.40 bits per heavy atom. The number of anilines is 3. The molecule has 0 radical (unpaired) electrons. The van der Waals surface area contributed by atoms with Gasteiger partial charge in [0.25, 0.3) is 10.0 Å². The van der Waals surface area contributed by atoms with Crippen LogP contribution in [0.1, 0.15) is 5.76 Å². The number of hydrogen-bond acceptors (Lipinski definition) is 8. The fraction of sp³-hybridized carbons (Fsp3) is 0.167. The van der Waals surface area contributed by atoms with E-state index in [1.54, 1.807) is 48.7 Å². The fourth-order valence-corrected chi connectivity index (χ4v) is 5.01. The second-order valence-electron chi connectivity index (χ2n) is 6.00. The molecule has 0 spiro atoms. The van der Waals surface area contributed by atoms with E-state index in [9.17, 15) is 18.0 Å². The molecule has 2 amide bonds.